The molecule has 11 N–H and O–H groups in total. The van der Waals surface area contributed by atoms with Crippen molar-refractivity contribution in [3.05, 3.63) is 348 Å². The van der Waals surface area contributed by atoms with Gasteiger partial charge in [0.05, 0.1) is 90.8 Å². The molecule has 0 bridgehead atoms. The number of hydrogen-bond donors (Lipinski definition) is 6. The van der Waals surface area contributed by atoms with Crippen LogP contribution in [0.3, 0.4) is 0 Å². The number of halogens is 1. The lowest BCUT2D eigenvalue weighted by atomic mass is 10.1. The lowest BCUT2D eigenvalue weighted by Gasteiger charge is -2.04. The van der Waals surface area contributed by atoms with Crippen molar-refractivity contribution in [3.8, 4) is 24.3 Å². The van der Waals surface area contributed by atoms with Crippen molar-refractivity contribution in [3.63, 3.8) is 0 Å². The van der Waals surface area contributed by atoms with E-state index in [1.807, 2.05) is 6.07 Å². The number of nitro benzene ring substituents is 6. The van der Waals surface area contributed by atoms with E-state index in [0.29, 0.717) is 51.7 Å². The quantitative estimate of drug-likeness (QED) is 0.00833. The van der Waals surface area contributed by atoms with Gasteiger partial charge in [-0.1, -0.05) is 85.0 Å². The second-order valence-corrected chi connectivity index (χ2v) is 23.0. The summed E-state index contributed by atoms with van der Waals surface area (Å²) in [7, 11) is 0. The molecular formula is C67H48ClN23O13S3. The molecule has 107 heavy (non-hydrogen) atoms. The van der Waals surface area contributed by atoms with Gasteiger partial charge in [0, 0.05) is 121 Å². The fourth-order valence-electron chi connectivity index (χ4n) is 8.26. The molecule has 0 amide bonds. The number of hydrogen-bond acceptors (Lipinski definition) is 28. The van der Waals surface area contributed by atoms with Gasteiger partial charge in [0.1, 0.15) is 44.4 Å². The highest BCUT2D eigenvalue weighted by Gasteiger charge is 2.17. The Morgan fingerprint density at radius 2 is 0.813 bits per heavy atom. The van der Waals surface area contributed by atoms with Crippen molar-refractivity contribution in [1.29, 1.82) is 21.0 Å². The van der Waals surface area contributed by atoms with Crippen LogP contribution in [0.15, 0.2) is 197 Å². The summed E-state index contributed by atoms with van der Waals surface area (Å²) in [6.07, 6.45) is 3.10. The molecule has 40 heteroatoms. The van der Waals surface area contributed by atoms with Gasteiger partial charge in [0.25, 0.3) is 51.2 Å². The monoisotopic (exact) mass is 1510 g/mol. The van der Waals surface area contributed by atoms with Crippen LogP contribution in [0.1, 0.15) is 44.8 Å². The number of nitriles is 4. The molecule has 0 saturated carbocycles. The van der Waals surface area contributed by atoms with Gasteiger partial charge < -0.3 is 33.8 Å². The maximum atomic E-state index is 10.6. The van der Waals surface area contributed by atoms with Gasteiger partial charge in [0.2, 0.25) is 5.69 Å². The fourth-order valence-corrected chi connectivity index (χ4v) is 10.0. The first kappa shape index (κ1) is 83.8. The van der Waals surface area contributed by atoms with Gasteiger partial charge >= 0.3 is 0 Å². The lowest BCUT2D eigenvalue weighted by Crippen LogP contribution is -2.17. The third-order valence-electron chi connectivity index (χ3n) is 13.6. The third-order valence-corrected chi connectivity index (χ3v) is 15.6. The zero-order chi connectivity index (χ0) is 79.4. The molecule has 0 aliphatic heterocycles. The van der Waals surface area contributed by atoms with Crippen LogP contribution in [0.5, 0.6) is 0 Å². The number of nitrogens with zero attached hydrogens (tertiary/aromatic N) is 18. The molecule has 0 spiro atoms. The normalized spacial score (nSPS) is 10.8. The first-order valence-corrected chi connectivity index (χ1v) is 31.5. The van der Waals surface area contributed by atoms with Crippen molar-refractivity contribution in [2.75, 3.05) is 11.5 Å². The average Bonchev–Trinajstić information content (AvgIpc) is 1.67. The number of benzene rings is 6. The summed E-state index contributed by atoms with van der Waals surface area (Å²) >= 11 is 12.8. The smallest absolute Gasteiger partial charge is 0.298 e. The van der Waals surface area contributed by atoms with E-state index in [2.05, 4.69) is 38.1 Å². The van der Waals surface area contributed by atoms with Gasteiger partial charge in [-0.25, -0.2) is 49.5 Å². The predicted octanol–water partition coefficient (Wildman–Crippen LogP) is 13.2. The molecule has 0 atom stereocenters. The van der Waals surface area contributed by atoms with Crippen LogP contribution in [0.2, 0.25) is 0 Å². The highest BCUT2D eigenvalue weighted by molar-refractivity contribution is 7.80. The number of nitrogens with two attached hydrogens (primary N) is 5. The number of anilines is 2. The van der Waals surface area contributed by atoms with Crippen LogP contribution in [-0.4, -0.2) is 58.3 Å². The van der Waals surface area contributed by atoms with E-state index < -0.39 is 29.5 Å². The van der Waals surface area contributed by atoms with Gasteiger partial charge in [-0.15, -0.1) is 11.6 Å². The Kier molecular flexibility index (Phi) is 32.8. The van der Waals surface area contributed by atoms with E-state index in [0.717, 1.165) is 44.1 Å². The molecular weight excluding hydrogens is 1470 g/mol. The minimum absolute atomic E-state index is 0.00324. The standard InChI is InChI=1S/C12H9N5O2S.C11H6ClN3O2.C11H8N4O2S.C11H10N4O2S.C11H8N4O2.C11H7N3O3/c13-11-10-9(16-20-12(10)15-6-14-11)5-7-1-3-8(4-2-7)17(18)19;1-14-11(7-13)10(12)6-8-2-4-9(5-3-8)15(16)17;1-13-10-9(14-18-11(10)12)6-7-2-4-8(5-3-7)15(16)17;12-6-9(11(14)18)10(13)5-7-1-3-8(4-2-7)15(16)17;1-14-11(7-12)10(13)6-8-2-4-9(5-3-8)15(16)17;1-13-10(7-12)11(15)6-8-2-4-9(5-3-8)14(16)17/h1-4,6H,5H2,(H2,13,14,15);2-5H,6H2;2-5H,6,12H2;1-4H,5,13H2,(H2,14,18);2-5H,6,13H2;2-5,15H,6H2/b;11-10-;;10-9-;2*11-10-. The SMILES string of the molecule is N#C/C(C(N)=S)=C(/N)Cc1ccc([N+](=O)[O-])cc1.Nc1ncnc2snc(Cc3ccc([N+](=O)[O-])cc3)c12.[C-]#[N+]/C(C#N)=C(\Cl)Cc1ccc([N+](=O)[O-])cc1.[C-]#[N+]/C(C#N)=C(\N)Cc1ccc([N+](=O)[O-])cc1.[C-]#[N+]/C(C#N)=C(\O)Cc1ccc([N+](=O)[O-])cc1.[C-]#[N+]c1c(Cc2ccc([N+](=O)[O-])cc2)nsc1N. The van der Waals surface area contributed by atoms with Crippen molar-refractivity contribution in [1.82, 2.24) is 18.7 Å². The number of nitrogen functional groups attached to an aromatic ring is 2. The first-order valence-electron chi connectivity index (χ1n) is 29.1. The minimum atomic E-state index is -0.528. The van der Waals surface area contributed by atoms with Crippen LogP contribution in [-0.2, 0) is 38.5 Å². The maximum Gasteiger partial charge on any atom is 0.298 e. The largest absolute Gasteiger partial charge is 0.522 e. The van der Waals surface area contributed by atoms with Crippen LogP contribution in [0.25, 0.3) is 29.6 Å². The number of non-ortho nitro benzene ring substituents is 6. The molecule has 9 aromatic rings. The molecule has 0 aliphatic rings. The molecule has 0 radical (unpaired) electrons. The van der Waals surface area contributed by atoms with Gasteiger partial charge in [-0.3, -0.25) is 60.7 Å². The maximum absolute atomic E-state index is 10.6. The summed E-state index contributed by atoms with van der Waals surface area (Å²) in [5.41, 5.74) is 34.2. The van der Waals surface area contributed by atoms with Crippen molar-refractivity contribution in [2.24, 2.45) is 17.2 Å². The van der Waals surface area contributed by atoms with E-state index in [9.17, 15) is 65.8 Å². The molecule has 3 aromatic heterocycles. The Morgan fingerprint density at radius 3 is 1.15 bits per heavy atom. The number of allylic oxidation sites excluding steroid dienone is 7. The number of thiocarbonyl (C=S) groups is 1. The number of aliphatic hydroxyl groups is 1. The minimum Gasteiger partial charge on any atom is -0.522 e. The first-order chi connectivity index (χ1) is 50.9. The second kappa shape index (κ2) is 41.8. The summed E-state index contributed by atoms with van der Waals surface area (Å²) in [6.45, 7) is 27.1. The summed E-state index contributed by atoms with van der Waals surface area (Å²) < 4.78 is 8.44. The van der Waals surface area contributed by atoms with E-state index in [-0.39, 0.29) is 110 Å². The molecule has 0 aliphatic carbocycles. The summed E-state index contributed by atoms with van der Waals surface area (Å²) in [5, 5.41) is 108. The van der Waals surface area contributed by atoms with E-state index in [4.69, 9.17) is 99.8 Å². The van der Waals surface area contributed by atoms with Gasteiger partial charge in [0.15, 0.2) is 0 Å². The van der Waals surface area contributed by atoms with Crippen LogP contribution < -0.4 is 28.7 Å². The Bertz CT molecular complexity index is 5030. The summed E-state index contributed by atoms with van der Waals surface area (Å²) in [6, 6.07) is 42.3. The molecule has 36 nitrogen and oxygen atoms in total. The van der Waals surface area contributed by atoms with Gasteiger partial charge in [-0.05, 0) is 62.9 Å². The molecule has 6 aromatic carbocycles. The molecule has 0 fully saturated rings. The fraction of sp³-hybridized carbons (Fsp3) is 0.0896. The summed E-state index contributed by atoms with van der Waals surface area (Å²) in [5.74, 6) is 0.0667. The predicted molar refractivity (Wildman–Crippen MR) is 395 cm³/mol. The zero-order valence-electron chi connectivity index (χ0n) is 54.6. The van der Waals surface area contributed by atoms with E-state index in [1.54, 1.807) is 78.9 Å². The van der Waals surface area contributed by atoms with Crippen molar-refractivity contribution < 1.29 is 34.6 Å². The number of aromatic nitrogens is 4. The van der Waals surface area contributed by atoms with Crippen molar-refractivity contribution >= 4 is 113 Å². The Hall–Kier alpha value is -15.6. The highest BCUT2D eigenvalue weighted by atomic mass is 35.5. The third kappa shape index (κ3) is 26.1. The topological polar surface area (TPSA) is 573 Å². The Morgan fingerprint density at radius 1 is 0.477 bits per heavy atom. The zero-order valence-corrected chi connectivity index (χ0v) is 57.8. The number of nitro groups is 6. The second-order valence-electron chi connectivity index (χ2n) is 20.6. The lowest BCUT2D eigenvalue weighted by molar-refractivity contribution is -0.385. The van der Waals surface area contributed by atoms with E-state index in [1.165, 1.54) is 103 Å². The molecule has 0 saturated heterocycles. The van der Waals surface area contributed by atoms with Crippen LogP contribution >= 0.6 is 46.9 Å². The molecule has 534 valence electrons. The van der Waals surface area contributed by atoms with Crippen LogP contribution in [0, 0.1) is 132 Å². The number of fused-ring (bicyclic) bond motifs is 1. The Balaban J connectivity index is 0.000000272. The van der Waals surface area contributed by atoms with Gasteiger partial charge in [-0.2, -0.15) is 9.64 Å². The van der Waals surface area contributed by atoms with Crippen LogP contribution in [0.4, 0.5) is 50.6 Å². The Labute approximate surface area is 623 Å². The molecule has 0 unspecified atom stereocenters. The summed E-state index contributed by atoms with van der Waals surface area (Å²) in [4.78, 5) is 80.9. The average molecular weight is 1510 g/mol. The number of rotatable bonds is 19. The van der Waals surface area contributed by atoms with Crippen molar-refractivity contribution in [2.45, 2.75) is 38.5 Å². The molecule has 3 heterocycles. The highest BCUT2D eigenvalue weighted by Crippen LogP contribution is 2.33. The van der Waals surface area contributed by atoms with E-state index >= 15 is 0 Å². The molecule has 9 rings (SSSR count). The number of aliphatic hydroxyl groups excluding tert-OH is 1.